The highest BCUT2D eigenvalue weighted by atomic mass is 32.1. The second kappa shape index (κ2) is 8.27. The van der Waals surface area contributed by atoms with Gasteiger partial charge >= 0.3 is 0 Å². The Labute approximate surface area is 143 Å². The molecule has 1 aromatic heterocycles. The first-order valence-electron chi connectivity index (χ1n) is 8.90. The lowest BCUT2D eigenvalue weighted by molar-refractivity contribution is -0.130. The van der Waals surface area contributed by atoms with E-state index in [1.165, 1.54) is 4.88 Å². The van der Waals surface area contributed by atoms with E-state index in [0.29, 0.717) is 24.3 Å². The van der Waals surface area contributed by atoms with Gasteiger partial charge in [-0.25, -0.2) is 0 Å². The van der Waals surface area contributed by atoms with Crippen LogP contribution in [0.3, 0.4) is 0 Å². The lowest BCUT2D eigenvalue weighted by Crippen LogP contribution is -2.47. The molecule has 4 nitrogen and oxygen atoms in total. The van der Waals surface area contributed by atoms with Crippen LogP contribution in [-0.4, -0.2) is 61.1 Å². The van der Waals surface area contributed by atoms with Gasteiger partial charge in [0.05, 0.1) is 13.2 Å². The second-order valence-corrected chi connectivity index (χ2v) is 7.65. The predicted octanol–water partition coefficient (Wildman–Crippen LogP) is 2.64. The summed E-state index contributed by atoms with van der Waals surface area (Å²) in [6.45, 7) is 7.81. The molecule has 2 aliphatic heterocycles. The maximum Gasteiger partial charge on any atom is 0.222 e. The summed E-state index contributed by atoms with van der Waals surface area (Å²) < 4.78 is 5.47. The summed E-state index contributed by atoms with van der Waals surface area (Å²) in [6.07, 6.45) is 3.83. The first-order valence-corrected chi connectivity index (χ1v) is 9.78. The molecule has 2 atom stereocenters. The molecule has 2 fully saturated rings. The van der Waals surface area contributed by atoms with Gasteiger partial charge in [-0.1, -0.05) is 19.4 Å². The Morgan fingerprint density at radius 2 is 2.17 bits per heavy atom. The van der Waals surface area contributed by atoms with Crippen LogP contribution in [0.2, 0.25) is 0 Å². The fourth-order valence-corrected chi connectivity index (χ4v) is 4.56. The molecule has 0 aromatic carbocycles. The average molecular weight is 337 g/mol. The number of nitrogens with zero attached hydrogens (tertiary/aromatic N) is 2. The van der Waals surface area contributed by atoms with Crippen LogP contribution >= 0.6 is 11.3 Å². The number of likely N-dealkylation sites (tertiary alicyclic amines) is 1. The third-order valence-electron chi connectivity index (χ3n) is 5.19. The number of hydrogen-bond donors (Lipinski definition) is 0. The van der Waals surface area contributed by atoms with Crippen molar-refractivity contribution < 1.29 is 9.53 Å². The number of carbonyl (C=O) groups is 1. The van der Waals surface area contributed by atoms with E-state index in [2.05, 4.69) is 34.2 Å². The number of rotatable bonds is 6. The van der Waals surface area contributed by atoms with Gasteiger partial charge < -0.3 is 9.64 Å². The van der Waals surface area contributed by atoms with E-state index in [9.17, 15) is 4.79 Å². The number of amides is 1. The summed E-state index contributed by atoms with van der Waals surface area (Å²) in [5.74, 6) is 0.963. The van der Waals surface area contributed by atoms with Crippen molar-refractivity contribution in [3.05, 3.63) is 22.4 Å². The smallest absolute Gasteiger partial charge is 0.222 e. The summed E-state index contributed by atoms with van der Waals surface area (Å²) in [7, 11) is 0. The van der Waals surface area contributed by atoms with Gasteiger partial charge in [-0.3, -0.25) is 9.69 Å². The monoisotopic (exact) mass is 336 g/mol. The Balaban J connectivity index is 1.48. The first-order chi connectivity index (χ1) is 11.3. The van der Waals surface area contributed by atoms with Gasteiger partial charge in [0.2, 0.25) is 5.91 Å². The molecule has 0 spiro atoms. The summed E-state index contributed by atoms with van der Waals surface area (Å²) in [4.78, 5) is 18.6. The fourth-order valence-electron chi connectivity index (χ4n) is 3.81. The van der Waals surface area contributed by atoms with Crippen molar-refractivity contribution in [1.82, 2.24) is 9.80 Å². The lowest BCUT2D eigenvalue weighted by Gasteiger charge is -2.34. The zero-order valence-electron chi connectivity index (χ0n) is 14.1. The Hall–Kier alpha value is -0.910. The number of aryl methyl sites for hydroxylation is 1. The van der Waals surface area contributed by atoms with Crippen molar-refractivity contribution in [3.8, 4) is 0 Å². The number of hydrogen-bond acceptors (Lipinski definition) is 4. The van der Waals surface area contributed by atoms with E-state index in [1.807, 2.05) is 0 Å². The van der Waals surface area contributed by atoms with Crippen LogP contribution in [0.15, 0.2) is 17.5 Å². The standard InChI is InChI=1S/C18H28N2O2S/c1-2-15-13-20(14-17(15)19-8-10-22-11-9-19)18(21)7-3-5-16-6-4-12-23-16/h4,6,12,15,17H,2-3,5,7-11,13-14H2,1H3/t15-,17+/m0/s1. The van der Waals surface area contributed by atoms with Crippen molar-refractivity contribution in [2.24, 2.45) is 5.92 Å². The van der Waals surface area contributed by atoms with Gasteiger partial charge in [0, 0.05) is 43.5 Å². The molecule has 3 rings (SSSR count). The van der Waals surface area contributed by atoms with Crippen LogP contribution in [-0.2, 0) is 16.0 Å². The quantitative estimate of drug-likeness (QED) is 0.801. The van der Waals surface area contributed by atoms with E-state index in [4.69, 9.17) is 4.74 Å². The van der Waals surface area contributed by atoms with Gasteiger partial charge in [0.15, 0.2) is 0 Å². The zero-order valence-corrected chi connectivity index (χ0v) is 14.9. The molecule has 23 heavy (non-hydrogen) atoms. The van der Waals surface area contributed by atoms with Gasteiger partial charge in [-0.2, -0.15) is 0 Å². The van der Waals surface area contributed by atoms with Gasteiger partial charge in [-0.05, 0) is 30.2 Å². The summed E-state index contributed by atoms with van der Waals surface area (Å²) in [5, 5.41) is 2.11. The number of thiophene rings is 1. The SMILES string of the molecule is CC[C@H]1CN(C(=O)CCCc2cccs2)C[C@H]1N1CCOCC1. The third kappa shape index (κ3) is 4.34. The van der Waals surface area contributed by atoms with Crippen LogP contribution in [0.1, 0.15) is 31.1 Å². The molecule has 2 aliphatic rings. The molecule has 3 heterocycles. The highest BCUT2D eigenvalue weighted by Crippen LogP contribution is 2.26. The highest BCUT2D eigenvalue weighted by molar-refractivity contribution is 7.09. The molecule has 2 saturated heterocycles. The van der Waals surface area contributed by atoms with Gasteiger partial charge in [0.25, 0.3) is 0 Å². The molecule has 5 heteroatoms. The minimum Gasteiger partial charge on any atom is -0.379 e. The molecular weight excluding hydrogens is 308 g/mol. The minimum absolute atomic E-state index is 0.343. The second-order valence-electron chi connectivity index (χ2n) is 6.62. The molecule has 0 unspecified atom stereocenters. The molecule has 0 saturated carbocycles. The zero-order chi connectivity index (χ0) is 16.1. The van der Waals surface area contributed by atoms with E-state index < -0.39 is 0 Å². The number of ether oxygens (including phenoxy) is 1. The fraction of sp³-hybridized carbons (Fsp3) is 0.722. The molecule has 0 bridgehead atoms. The summed E-state index contributed by atoms with van der Waals surface area (Å²) in [5.41, 5.74) is 0. The highest BCUT2D eigenvalue weighted by Gasteiger charge is 2.37. The lowest BCUT2D eigenvalue weighted by atomic mass is 9.99. The van der Waals surface area contributed by atoms with E-state index >= 15 is 0 Å². The Morgan fingerprint density at radius 1 is 1.35 bits per heavy atom. The van der Waals surface area contributed by atoms with Crippen molar-refractivity contribution in [1.29, 1.82) is 0 Å². The Bertz CT molecular complexity index is 485. The van der Waals surface area contributed by atoms with Crippen LogP contribution in [0.25, 0.3) is 0 Å². The van der Waals surface area contributed by atoms with E-state index in [1.54, 1.807) is 11.3 Å². The topological polar surface area (TPSA) is 32.8 Å². The van der Waals surface area contributed by atoms with Crippen molar-refractivity contribution >= 4 is 17.2 Å². The van der Waals surface area contributed by atoms with Crippen LogP contribution in [0, 0.1) is 5.92 Å². The molecule has 0 aliphatic carbocycles. The number of morpholine rings is 1. The Kier molecular flexibility index (Phi) is 6.08. The average Bonchev–Trinajstić information content (AvgIpc) is 3.25. The largest absolute Gasteiger partial charge is 0.379 e. The maximum atomic E-state index is 12.5. The maximum absolute atomic E-state index is 12.5. The molecule has 128 valence electrons. The van der Waals surface area contributed by atoms with Crippen molar-refractivity contribution in [2.45, 2.75) is 38.6 Å². The Morgan fingerprint density at radius 3 is 2.87 bits per heavy atom. The van der Waals surface area contributed by atoms with Crippen LogP contribution in [0.5, 0.6) is 0 Å². The van der Waals surface area contributed by atoms with Crippen LogP contribution < -0.4 is 0 Å². The van der Waals surface area contributed by atoms with E-state index in [-0.39, 0.29) is 0 Å². The predicted molar refractivity (Wildman–Crippen MR) is 93.8 cm³/mol. The summed E-state index contributed by atoms with van der Waals surface area (Å²) >= 11 is 1.79. The molecular formula is C18H28N2O2S. The first kappa shape index (κ1) is 16.9. The van der Waals surface area contributed by atoms with E-state index in [0.717, 1.165) is 58.7 Å². The summed E-state index contributed by atoms with van der Waals surface area (Å²) in [6, 6.07) is 4.78. The van der Waals surface area contributed by atoms with Gasteiger partial charge in [0.1, 0.15) is 0 Å². The van der Waals surface area contributed by atoms with Crippen molar-refractivity contribution in [3.63, 3.8) is 0 Å². The van der Waals surface area contributed by atoms with Gasteiger partial charge in [-0.15, -0.1) is 11.3 Å². The molecule has 1 aromatic rings. The molecule has 0 N–H and O–H groups in total. The normalized spacial score (nSPS) is 25.9. The van der Waals surface area contributed by atoms with Crippen molar-refractivity contribution in [2.75, 3.05) is 39.4 Å². The number of carbonyl (C=O) groups excluding carboxylic acids is 1. The molecule has 1 amide bonds. The minimum atomic E-state index is 0.343. The molecule has 0 radical (unpaired) electrons. The van der Waals surface area contributed by atoms with Crippen LogP contribution in [0.4, 0.5) is 0 Å². The third-order valence-corrected chi connectivity index (χ3v) is 6.13.